The summed E-state index contributed by atoms with van der Waals surface area (Å²) in [6.07, 6.45) is 0.882. The fourth-order valence-electron chi connectivity index (χ4n) is 3.50. The lowest BCUT2D eigenvalue weighted by Crippen LogP contribution is -2.36. The van der Waals surface area contributed by atoms with Crippen LogP contribution >= 0.6 is 11.8 Å². The number of ether oxygens (including phenoxy) is 1. The third-order valence-electron chi connectivity index (χ3n) is 4.94. The molecule has 0 N–H and O–H groups in total. The van der Waals surface area contributed by atoms with Crippen molar-refractivity contribution in [1.82, 2.24) is 10.2 Å². The zero-order valence-electron chi connectivity index (χ0n) is 16.7. The minimum absolute atomic E-state index is 0.0406. The Morgan fingerprint density at radius 1 is 1.24 bits per heavy atom. The van der Waals surface area contributed by atoms with Crippen LogP contribution < -0.4 is 9.64 Å². The molecule has 1 atom stereocenters. The third kappa shape index (κ3) is 4.29. The molecule has 1 aliphatic rings. The Hall–Kier alpha value is -2.80. The van der Waals surface area contributed by atoms with E-state index in [1.165, 1.54) is 17.3 Å². The normalized spacial score (nSPS) is 15.4. The number of amides is 1. The molecule has 0 fully saturated rings. The van der Waals surface area contributed by atoms with E-state index in [2.05, 4.69) is 23.2 Å². The lowest BCUT2D eigenvalue weighted by molar-refractivity contribution is -0.116. The maximum atomic E-state index is 12.8. The summed E-state index contributed by atoms with van der Waals surface area (Å²) >= 11 is 1.25. The monoisotopic (exact) mass is 409 g/mol. The molecule has 0 aliphatic carbocycles. The van der Waals surface area contributed by atoms with Crippen LogP contribution in [0.15, 0.2) is 52.1 Å². The van der Waals surface area contributed by atoms with Crippen LogP contribution in [0, 0.1) is 13.8 Å². The smallest absolute Gasteiger partial charge is 0.277 e. The van der Waals surface area contributed by atoms with E-state index < -0.39 is 0 Å². The fourth-order valence-corrected chi connectivity index (χ4v) is 4.14. The molecular weight excluding hydrogens is 386 g/mol. The molecule has 7 heteroatoms. The van der Waals surface area contributed by atoms with Gasteiger partial charge in [-0.3, -0.25) is 4.79 Å². The van der Waals surface area contributed by atoms with E-state index in [0.29, 0.717) is 11.1 Å². The van der Waals surface area contributed by atoms with Crippen LogP contribution in [-0.4, -0.2) is 27.9 Å². The van der Waals surface area contributed by atoms with Gasteiger partial charge < -0.3 is 14.1 Å². The summed E-state index contributed by atoms with van der Waals surface area (Å²) in [7, 11) is 0. The summed E-state index contributed by atoms with van der Waals surface area (Å²) in [4.78, 5) is 14.6. The van der Waals surface area contributed by atoms with E-state index in [1.54, 1.807) is 0 Å². The highest BCUT2D eigenvalue weighted by Gasteiger charge is 2.30. The highest BCUT2D eigenvalue weighted by Crippen LogP contribution is 2.32. The van der Waals surface area contributed by atoms with Crippen LogP contribution in [0.1, 0.15) is 29.5 Å². The van der Waals surface area contributed by atoms with Crippen LogP contribution in [0.3, 0.4) is 0 Å². The maximum Gasteiger partial charge on any atom is 0.277 e. The van der Waals surface area contributed by atoms with E-state index in [-0.39, 0.29) is 24.3 Å². The summed E-state index contributed by atoms with van der Waals surface area (Å²) in [5.74, 6) is 1.48. The van der Waals surface area contributed by atoms with Crippen molar-refractivity contribution < 1.29 is 13.9 Å². The second-order valence-corrected chi connectivity index (χ2v) is 8.18. The first-order valence-electron chi connectivity index (χ1n) is 9.56. The van der Waals surface area contributed by atoms with Crippen molar-refractivity contribution >= 4 is 23.4 Å². The van der Waals surface area contributed by atoms with E-state index in [4.69, 9.17) is 9.15 Å². The Bertz CT molecular complexity index is 1030. The number of aromatic nitrogens is 2. The number of benzene rings is 2. The molecule has 1 aromatic heterocycles. The van der Waals surface area contributed by atoms with E-state index in [1.807, 2.05) is 55.1 Å². The second-order valence-electron chi connectivity index (χ2n) is 7.25. The van der Waals surface area contributed by atoms with Gasteiger partial charge in [-0.05, 0) is 56.0 Å². The molecule has 0 saturated heterocycles. The number of anilines is 1. The number of fused-ring (bicyclic) bond motifs is 1. The minimum Gasteiger partial charge on any atom is -0.484 e. The van der Waals surface area contributed by atoms with Gasteiger partial charge in [-0.1, -0.05) is 42.1 Å². The molecule has 2 heterocycles. The SMILES string of the molecule is Cc1ccc(C)c(OCc2nnc(SCC(=O)N3c4ccccc4CC3C)o2)c1. The summed E-state index contributed by atoms with van der Waals surface area (Å²) in [6, 6.07) is 14.2. The third-order valence-corrected chi connectivity index (χ3v) is 5.74. The quantitative estimate of drug-likeness (QED) is 0.564. The van der Waals surface area contributed by atoms with Crippen molar-refractivity contribution in [3.63, 3.8) is 0 Å². The Balaban J connectivity index is 1.34. The lowest BCUT2D eigenvalue weighted by atomic mass is 10.1. The van der Waals surface area contributed by atoms with Gasteiger partial charge in [-0.2, -0.15) is 0 Å². The minimum atomic E-state index is 0.0406. The number of hydrogen-bond acceptors (Lipinski definition) is 6. The first kappa shape index (κ1) is 19.5. The van der Waals surface area contributed by atoms with E-state index >= 15 is 0 Å². The van der Waals surface area contributed by atoms with Gasteiger partial charge in [0, 0.05) is 11.7 Å². The molecule has 6 nitrogen and oxygen atoms in total. The summed E-state index contributed by atoms with van der Waals surface area (Å²) < 4.78 is 11.4. The first-order chi connectivity index (χ1) is 14.0. The Kier molecular flexibility index (Phi) is 5.58. The molecule has 2 aromatic carbocycles. The Morgan fingerprint density at radius 2 is 2.07 bits per heavy atom. The zero-order valence-corrected chi connectivity index (χ0v) is 17.5. The van der Waals surface area contributed by atoms with Crippen molar-refractivity contribution in [2.75, 3.05) is 10.7 Å². The number of hydrogen-bond donors (Lipinski definition) is 0. The van der Waals surface area contributed by atoms with Crippen molar-refractivity contribution in [3.8, 4) is 5.75 Å². The molecular formula is C22H23N3O3S. The van der Waals surface area contributed by atoms with Crippen molar-refractivity contribution in [1.29, 1.82) is 0 Å². The van der Waals surface area contributed by atoms with Gasteiger partial charge in [-0.15, -0.1) is 10.2 Å². The molecule has 150 valence electrons. The molecule has 0 radical (unpaired) electrons. The summed E-state index contributed by atoms with van der Waals surface area (Å²) in [6.45, 7) is 6.28. The molecule has 0 saturated carbocycles. The van der Waals surface area contributed by atoms with E-state index in [0.717, 1.165) is 29.0 Å². The predicted molar refractivity (Wildman–Crippen MR) is 112 cm³/mol. The highest BCUT2D eigenvalue weighted by atomic mass is 32.2. The van der Waals surface area contributed by atoms with Crippen LogP contribution in [0.25, 0.3) is 0 Å². The van der Waals surface area contributed by atoms with Gasteiger partial charge in [0.15, 0.2) is 6.61 Å². The van der Waals surface area contributed by atoms with Crippen molar-refractivity contribution in [2.45, 2.75) is 45.1 Å². The van der Waals surface area contributed by atoms with Gasteiger partial charge in [0.05, 0.1) is 5.75 Å². The molecule has 0 spiro atoms. The molecule has 29 heavy (non-hydrogen) atoms. The Morgan fingerprint density at radius 3 is 2.93 bits per heavy atom. The number of para-hydroxylation sites is 1. The summed E-state index contributed by atoms with van der Waals surface area (Å²) in [5, 5.41) is 8.42. The molecule has 1 aliphatic heterocycles. The molecule has 4 rings (SSSR count). The fraction of sp³-hybridized carbons (Fsp3) is 0.318. The van der Waals surface area contributed by atoms with Gasteiger partial charge in [-0.25, -0.2) is 0 Å². The predicted octanol–water partition coefficient (Wildman–Crippen LogP) is 4.34. The maximum absolute atomic E-state index is 12.8. The topological polar surface area (TPSA) is 68.5 Å². The van der Waals surface area contributed by atoms with Gasteiger partial charge >= 0.3 is 0 Å². The van der Waals surface area contributed by atoms with Gasteiger partial charge in [0.1, 0.15) is 5.75 Å². The summed E-state index contributed by atoms with van der Waals surface area (Å²) in [5.41, 5.74) is 4.39. The number of rotatable bonds is 6. The van der Waals surface area contributed by atoms with Crippen LogP contribution in [-0.2, 0) is 17.8 Å². The number of thioether (sulfide) groups is 1. The van der Waals surface area contributed by atoms with Crippen LogP contribution in [0.4, 0.5) is 5.69 Å². The molecule has 1 unspecified atom stereocenters. The molecule has 1 amide bonds. The number of nitrogens with zero attached hydrogens (tertiary/aromatic N) is 3. The average Bonchev–Trinajstić information content (AvgIpc) is 3.30. The molecule has 0 bridgehead atoms. The lowest BCUT2D eigenvalue weighted by Gasteiger charge is -2.22. The van der Waals surface area contributed by atoms with Crippen LogP contribution in [0.2, 0.25) is 0 Å². The average molecular weight is 410 g/mol. The van der Waals surface area contributed by atoms with Gasteiger partial charge in [0.2, 0.25) is 5.91 Å². The standard InChI is InChI=1S/C22H23N3O3S/c1-14-8-9-15(2)19(10-14)27-12-20-23-24-22(28-20)29-13-21(26)25-16(3)11-17-6-4-5-7-18(17)25/h4-10,16H,11-13H2,1-3H3. The van der Waals surface area contributed by atoms with Crippen molar-refractivity contribution in [3.05, 3.63) is 65.0 Å². The van der Waals surface area contributed by atoms with Gasteiger partial charge in [0.25, 0.3) is 11.1 Å². The largest absolute Gasteiger partial charge is 0.484 e. The second kappa shape index (κ2) is 8.29. The number of aryl methyl sites for hydroxylation is 2. The number of carbonyl (C=O) groups is 1. The highest BCUT2D eigenvalue weighted by molar-refractivity contribution is 7.99. The molecule has 3 aromatic rings. The van der Waals surface area contributed by atoms with Crippen molar-refractivity contribution in [2.24, 2.45) is 0 Å². The Labute approximate surface area is 174 Å². The zero-order chi connectivity index (χ0) is 20.4. The number of carbonyl (C=O) groups excluding carboxylic acids is 1. The first-order valence-corrected chi connectivity index (χ1v) is 10.5. The van der Waals surface area contributed by atoms with Crippen LogP contribution in [0.5, 0.6) is 5.75 Å². The van der Waals surface area contributed by atoms with E-state index in [9.17, 15) is 4.79 Å².